The molecule has 3 nitrogen and oxygen atoms in total. The van der Waals surface area contributed by atoms with Crippen molar-refractivity contribution in [2.24, 2.45) is 0 Å². The quantitative estimate of drug-likeness (QED) is 0.252. The van der Waals surface area contributed by atoms with E-state index in [9.17, 15) is 0 Å². The van der Waals surface area contributed by atoms with Crippen molar-refractivity contribution in [2.75, 3.05) is 26.4 Å². The fraction of sp³-hybridized carbons (Fsp3) is 0.636. The Bertz CT molecular complexity index is 231. The van der Waals surface area contributed by atoms with E-state index in [0.29, 0.717) is 32.8 Å². The molecule has 0 aliphatic carbocycles. The van der Waals surface area contributed by atoms with Crippen LogP contribution in [0, 0.1) is 12.3 Å². The smallest absolute Gasteiger partial charge is 0.225 e. The van der Waals surface area contributed by atoms with Gasteiger partial charge in [-0.05, 0) is 28.9 Å². The van der Waals surface area contributed by atoms with Gasteiger partial charge in [0.05, 0.1) is 26.4 Å². The van der Waals surface area contributed by atoms with Crippen molar-refractivity contribution in [3.05, 3.63) is 12.7 Å². The lowest BCUT2D eigenvalue weighted by Crippen LogP contribution is -2.24. The number of rotatable bonds is 11. The summed E-state index contributed by atoms with van der Waals surface area (Å²) in [5, 5.41) is 0. The molecule has 0 aromatic heterocycles. The Kier molecular flexibility index (Phi) is 12.8. The summed E-state index contributed by atoms with van der Waals surface area (Å²) in [5.41, 5.74) is 0. The molecular weight excluding hydrogens is 282 g/mol. The molecular formula is C11H17Cl2O3P. The minimum absolute atomic E-state index is 0.265. The highest BCUT2D eigenvalue weighted by Crippen LogP contribution is 2.48. The molecule has 0 rings (SSSR count). The van der Waals surface area contributed by atoms with Crippen LogP contribution in [0.4, 0.5) is 0 Å². The molecule has 0 saturated carbocycles. The third-order valence-electron chi connectivity index (χ3n) is 1.69. The fourth-order valence-corrected chi connectivity index (χ4v) is 1.97. The Morgan fingerprint density at radius 1 is 1.29 bits per heavy atom. The summed E-state index contributed by atoms with van der Waals surface area (Å²) in [6.45, 7) is 3.98. The van der Waals surface area contributed by atoms with E-state index < -0.39 is 6.85 Å². The first-order valence-electron chi connectivity index (χ1n) is 5.19. The van der Waals surface area contributed by atoms with Crippen LogP contribution in [0.25, 0.3) is 0 Å². The van der Waals surface area contributed by atoms with Crippen molar-refractivity contribution >= 4 is 29.3 Å². The second-order valence-corrected chi connectivity index (χ2v) is 6.09. The lowest BCUT2D eigenvalue weighted by atomic mass is 10.4. The van der Waals surface area contributed by atoms with E-state index in [1.165, 1.54) is 0 Å². The van der Waals surface area contributed by atoms with Crippen LogP contribution in [0.1, 0.15) is 12.8 Å². The molecule has 0 amide bonds. The van der Waals surface area contributed by atoms with Gasteiger partial charge >= 0.3 is 0 Å². The molecule has 98 valence electrons. The number of hydrogen-bond acceptors (Lipinski definition) is 3. The highest BCUT2D eigenvalue weighted by molar-refractivity contribution is 8.00. The maximum Gasteiger partial charge on any atom is 0.225 e. The third-order valence-corrected chi connectivity index (χ3v) is 2.63. The van der Waals surface area contributed by atoms with Gasteiger partial charge in [0.15, 0.2) is 0 Å². The van der Waals surface area contributed by atoms with Gasteiger partial charge in [-0.15, -0.1) is 18.9 Å². The molecule has 0 spiro atoms. The first-order chi connectivity index (χ1) is 8.20. The van der Waals surface area contributed by atoms with Crippen LogP contribution in [-0.4, -0.2) is 32.5 Å². The maximum atomic E-state index is 5.60. The molecule has 17 heavy (non-hydrogen) atoms. The lowest BCUT2D eigenvalue weighted by Gasteiger charge is -2.17. The van der Waals surface area contributed by atoms with Gasteiger partial charge in [0, 0.05) is 6.42 Å². The zero-order chi connectivity index (χ0) is 12.9. The van der Waals surface area contributed by atoms with Crippen LogP contribution in [0.15, 0.2) is 12.7 Å². The zero-order valence-electron chi connectivity index (χ0n) is 9.61. The monoisotopic (exact) mass is 298 g/mol. The van der Waals surface area contributed by atoms with Gasteiger partial charge in [-0.2, -0.15) is 0 Å². The van der Waals surface area contributed by atoms with Crippen molar-refractivity contribution in [3.63, 3.8) is 0 Å². The second-order valence-electron chi connectivity index (χ2n) is 3.11. The minimum atomic E-state index is -1.46. The molecule has 1 unspecified atom stereocenters. The van der Waals surface area contributed by atoms with E-state index in [1.807, 2.05) is 0 Å². The van der Waals surface area contributed by atoms with Gasteiger partial charge in [0.2, 0.25) is 6.85 Å². The minimum Gasteiger partial charge on any atom is -0.378 e. The molecule has 0 aromatic rings. The summed E-state index contributed by atoms with van der Waals surface area (Å²) >= 11 is 11.2. The predicted molar refractivity (Wildman–Crippen MR) is 73.4 cm³/mol. The van der Waals surface area contributed by atoms with Crippen LogP contribution < -0.4 is 0 Å². The second kappa shape index (κ2) is 12.6. The molecule has 0 radical (unpaired) electrons. The first-order valence-corrected chi connectivity index (χ1v) is 8.26. The number of ether oxygens (including phenoxy) is 2. The maximum absolute atomic E-state index is 5.60. The van der Waals surface area contributed by atoms with Crippen molar-refractivity contribution in [3.8, 4) is 12.3 Å². The van der Waals surface area contributed by atoms with Crippen LogP contribution in [0.3, 0.4) is 0 Å². The normalized spacial score (nSPS) is 12.4. The van der Waals surface area contributed by atoms with Gasteiger partial charge in [0.1, 0.15) is 6.10 Å². The third kappa shape index (κ3) is 12.4. The van der Waals surface area contributed by atoms with Crippen molar-refractivity contribution in [2.45, 2.75) is 18.9 Å². The van der Waals surface area contributed by atoms with Gasteiger partial charge in [-0.1, -0.05) is 6.08 Å². The van der Waals surface area contributed by atoms with Gasteiger partial charge in [-0.25, -0.2) is 0 Å². The summed E-state index contributed by atoms with van der Waals surface area (Å²) in [6.07, 6.45) is 7.99. The van der Waals surface area contributed by atoms with Crippen molar-refractivity contribution in [1.29, 1.82) is 0 Å². The van der Waals surface area contributed by atoms with E-state index in [4.69, 9.17) is 42.9 Å². The Morgan fingerprint density at radius 2 is 1.94 bits per heavy atom. The van der Waals surface area contributed by atoms with E-state index >= 15 is 0 Å². The number of terminal acetylenes is 1. The molecule has 6 heteroatoms. The summed E-state index contributed by atoms with van der Waals surface area (Å²) in [7, 11) is 0. The van der Waals surface area contributed by atoms with E-state index in [-0.39, 0.29) is 6.10 Å². The molecule has 0 saturated heterocycles. The van der Waals surface area contributed by atoms with Crippen LogP contribution in [-0.2, 0) is 14.0 Å². The van der Waals surface area contributed by atoms with Crippen molar-refractivity contribution < 1.29 is 14.0 Å². The zero-order valence-corrected chi connectivity index (χ0v) is 12.0. The molecule has 0 bridgehead atoms. The van der Waals surface area contributed by atoms with Crippen molar-refractivity contribution in [1.82, 2.24) is 0 Å². The number of halogens is 2. The topological polar surface area (TPSA) is 27.7 Å². The van der Waals surface area contributed by atoms with Gasteiger partial charge in [0.25, 0.3) is 0 Å². The Morgan fingerprint density at radius 3 is 2.47 bits per heavy atom. The van der Waals surface area contributed by atoms with E-state index in [2.05, 4.69) is 12.5 Å². The average molecular weight is 299 g/mol. The molecule has 0 fully saturated rings. The molecule has 0 aliphatic heterocycles. The van der Waals surface area contributed by atoms with E-state index in [1.54, 1.807) is 6.08 Å². The van der Waals surface area contributed by atoms with Crippen LogP contribution in [0.2, 0.25) is 0 Å². The average Bonchev–Trinajstić information content (AvgIpc) is 2.29. The molecule has 0 N–H and O–H groups in total. The SMILES string of the molecule is C#CCCOCC(COCCC=C)OP(Cl)Cl. The molecule has 0 heterocycles. The Balaban J connectivity index is 3.72. The largest absolute Gasteiger partial charge is 0.378 e. The molecule has 0 aromatic carbocycles. The molecule has 1 atom stereocenters. The van der Waals surface area contributed by atoms with Gasteiger partial charge in [-0.3, -0.25) is 0 Å². The number of hydrogen-bond donors (Lipinski definition) is 0. The van der Waals surface area contributed by atoms with Crippen LogP contribution >= 0.6 is 29.3 Å². The lowest BCUT2D eigenvalue weighted by molar-refractivity contribution is 0.00280. The Labute approximate surface area is 114 Å². The van der Waals surface area contributed by atoms with E-state index in [0.717, 1.165) is 6.42 Å². The highest BCUT2D eigenvalue weighted by Gasteiger charge is 2.14. The highest BCUT2D eigenvalue weighted by atomic mass is 35.9. The van der Waals surface area contributed by atoms with Gasteiger partial charge < -0.3 is 14.0 Å². The predicted octanol–water partition coefficient (Wildman–Crippen LogP) is 3.71. The summed E-state index contributed by atoms with van der Waals surface area (Å²) in [4.78, 5) is 0. The Hall–Kier alpha value is 0.190. The summed E-state index contributed by atoms with van der Waals surface area (Å²) in [6, 6.07) is 0. The standard InChI is InChI=1S/C11H17Cl2O3P/c1-3-5-7-14-9-11(16-17(12)13)10-15-8-6-4-2/h1,4,11H,2,5-10H2. The molecule has 0 aliphatic rings. The summed E-state index contributed by atoms with van der Waals surface area (Å²) in [5.74, 6) is 2.49. The fourth-order valence-electron chi connectivity index (χ4n) is 0.949. The summed E-state index contributed by atoms with van der Waals surface area (Å²) < 4.78 is 16.0. The first kappa shape index (κ1) is 17.2. The van der Waals surface area contributed by atoms with Crippen LogP contribution in [0.5, 0.6) is 0 Å².